The van der Waals surface area contributed by atoms with Gasteiger partial charge in [0.15, 0.2) is 0 Å². The third-order valence-electron chi connectivity index (χ3n) is 3.80. The topological polar surface area (TPSA) is 21.3 Å². The van der Waals surface area contributed by atoms with E-state index in [0.717, 1.165) is 49.7 Å². The second-order valence-electron chi connectivity index (χ2n) is 5.42. The normalized spacial score (nSPS) is 13.0. The van der Waals surface area contributed by atoms with Crippen molar-refractivity contribution in [3.05, 3.63) is 64.2 Å². The SMILES string of the molecule is Clc1cc2c(c(CNCCCc3ccccc3)c1)OCC2. The number of hydrogen-bond donors (Lipinski definition) is 1. The smallest absolute Gasteiger partial charge is 0.127 e. The predicted octanol–water partition coefficient (Wildman–Crippen LogP) is 4.00. The van der Waals surface area contributed by atoms with E-state index in [1.54, 1.807) is 0 Å². The van der Waals surface area contributed by atoms with Crippen molar-refractivity contribution in [3.63, 3.8) is 0 Å². The Morgan fingerprint density at radius 3 is 2.86 bits per heavy atom. The molecule has 0 aromatic heterocycles. The van der Waals surface area contributed by atoms with Crippen LogP contribution in [0.4, 0.5) is 0 Å². The van der Waals surface area contributed by atoms with Crippen molar-refractivity contribution in [2.45, 2.75) is 25.8 Å². The quantitative estimate of drug-likeness (QED) is 0.814. The van der Waals surface area contributed by atoms with Gasteiger partial charge in [0.05, 0.1) is 6.61 Å². The Kier molecular flexibility index (Phi) is 4.79. The van der Waals surface area contributed by atoms with Gasteiger partial charge in [0.2, 0.25) is 0 Å². The zero-order valence-electron chi connectivity index (χ0n) is 12.1. The van der Waals surface area contributed by atoms with Crippen molar-refractivity contribution in [1.82, 2.24) is 5.32 Å². The minimum Gasteiger partial charge on any atom is -0.493 e. The summed E-state index contributed by atoms with van der Waals surface area (Å²) in [5, 5.41) is 4.30. The average molecular weight is 302 g/mol. The second kappa shape index (κ2) is 6.97. The molecule has 0 aliphatic carbocycles. The van der Waals surface area contributed by atoms with Crippen LogP contribution >= 0.6 is 11.6 Å². The molecule has 0 radical (unpaired) electrons. The first-order valence-corrected chi connectivity index (χ1v) is 7.89. The third kappa shape index (κ3) is 3.78. The Labute approximate surface area is 131 Å². The summed E-state index contributed by atoms with van der Waals surface area (Å²) in [5.41, 5.74) is 3.81. The number of fused-ring (bicyclic) bond motifs is 1. The van der Waals surface area contributed by atoms with Crippen molar-refractivity contribution < 1.29 is 4.74 Å². The van der Waals surface area contributed by atoms with Crippen LogP contribution in [0, 0.1) is 0 Å². The van der Waals surface area contributed by atoms with E-state index < -0.39 is 0 Å². The summed E-state index contributed by atoms with van der Waals surface area (Å²) in [6, 6.07) is 14.6. The molecular formula is C18H20ClNO. The fraction of sp³-hybridized carbons (Fsp3) is 0.333. The number of nitrogens with one attached hydrogen (secondary N) is 1. The minimum absolute atomic E-state index is 0.774. The molecule has 1 aliphatic heterocycles. The Morgan fingerprint density at radius 2 is 2.00 bits per heavy atom. The molecule has 2 nitrogen and oxygen atoms in total. The number of hydrogen-bond acceptors (Lipinski definition) is 2. The molecule has 0 bridgehead atoms. The fourth-order valence-electron chi connectivity index (χ4n) is 2.76. The molecule has 1 heterocycles. The molecule has 1 aliphatic rings. The first-order chi connectivity index (χ1) is 10.3. The van der Waals surface area contributed by atoms with Crippen LogP contribution in [0.2, 0.25) is 5.02 Å². The highest BCUT2D eigenvalue weighted by Gasteiger charge is 2.17. The summed E-state index contributed by atoms with van der Waals surface area (Å²) in [7, 11) is 0. The minimum atomic E-state index is 0.774. The van der Waals surface area contributed by atoms with Gasteiger partial charge in [-0.1, -0.05) is 41.9 Å². The van der Waals surface area contributed by atoms with Crippen molar-refractivity contribution in [2.75, 3.05) is 13.2 Å². The van der Waals surface area contributed by atoms with E-state index in [-0.39, 0.29) is 0 Å². The summed E-state index contributed by atoms with van der Waals surface area (Å²) in [4.78, 5) is 0. The Bertz CT molecular complexity index is 598. The maximum Gasteiger partial charge on any atom is 0.127 e. The van der Waals surface area contributed by atoms with E-state index in [0.29, 0.717) is 0 Å². The highest BCUT2D eigenvalue weighted by molar-refractivity contribution is 6.30. The van der Waals surface area contributed by atoms with E-state index in [1.807, 2.05) is 12.1 Å². The average Bonchev–Trinajstić information content (AvgIpc) is 2.96. The van der Waals surface area contributed by atoms with E-state index in [1.165, 1.54) is 16.7 Å². The summed E-state index contributed by atoms with van der Waals surface area (Å²) in [5.74, 6) is 1.04. The largest absolute Gasteiger partial charge is 0.493 e. The van der Waals surface area contributed by atoms with Gasteiger partial charge in [0, 0.05) is 23.6 Å². The molecule has 1 N–H and O–H groups in total. The molecule has 0 amide bonds. The van der Waals surface area contributed by atoms with E-state index in [9.17, 15) is 0 Å². The van der Waals surface area contributed by atoms with Crippen LogP contribution in [0.15, 0.2) is 42.5 Å². The lowest BCUT2D eigenvalue weighted by atomic mass is 10.1. The molecule has 0 spiro atoms. The molecule has 0 atom stereocenters. The van der Waals surface area contributed by atoms with Crippen LogP contribution in [0.25, 0.3) is 0 Å². The number of benzene rings is 2. The lowest BCUT2D eigenvalue weighted by molar-refractivity contribution is 0.352. The van der Waals surface area contributed by atoms with Crippen molar-refractivity contribution in [3.8, 4) is 5.75 Å². The van der Waals surface area contributed by atoms with Gasteiger partial charge in [-0.15, -0.1) is 0 Å². The molecule has 0 saturated carbocycles. The maximum absolute atomic E-state index is 6.17. The van der Waals surface area contributed by atoms with Gasteiger partial charge in [-0.2, -0.15) is 0 Å². The van der Waals surface area contributed by atoms with Crippen LogP contribution in [0.5, 0.6) is 5.75 Å². The molecule has 110 valence electrons. The fourth-order valence-corrected chi connectivity index (χ4v) is 3.03. The monoisotopic (exact) mass is 301 g/mol. The summed E-state index contributed by atoms with van der Waals surface area (Å²) in [6.07, 6.45) is 3.21. The van der Waals surface area contributed by atoms with Gasteiger partial charge in [-0.3, -0.25) is 0 Å². The van der Waals surface area contributed by atoms with Crippen LogP contribution in [-0.2, 0) is 19.4 Å². The molecule has 3 heteroatoms. The van der Waals surface area contributed by atoms with Crippen LogP contribution in [-0.4, -0.2) is 13.2 Å². The van der Waals surface area contributed by atoms with Gasteiger partial charge >= 0.3 is 0 Å². The molecule has 0 fully saturated rings. The Morgan fingerprint density at radius 1 is 1.14 bits per heavy atom. The highest BCUT2D eigenvalue weighted by Crippen LogP contribution is 2.32. The van der Waals surface area contributed by atoms with Crippen LogP contribution < -0.4 is 10.1 Å². The van der Waals surface area contributed by atoms with Gasteiger partial charge in [0.1, 0.15) is 5.75 Å². The Hall–Kier alpha value is -1.51. The lowest BCUT2D eigenvalue weighted by Gasteiger charge is -2.10. The Balaban J connectivity index is 1.48. The predicted molar refractivity (Wildman–Crippen MR) is 87.1 cm³/mol. The number of aryl methyl sites for hydroxylation is 1. The standard InChI is InChI=1S/C18H20ClNO/c19-17-11-15-8-10-21-18(15)16(12-17)13-20-9-4-7-14-5-2-1-3-6-14/h1-3,5-6,11-12,20H,4,7-10,13H2. The van der Waals surface area contributed by atoms with Gasteiger partial charge in [0.25, 0.3) is 0 Å². The van der Waals surface area contributed by atoms with Crippen molar-refractivity contribution in [2.24, 2.45) is 0 Å². The van der Waals surface area contributed by atoms with Crippen molar-refractivity contribution in [1.29, 1.82) is 0 Å². The number of halogens is 1. The number of ether oxygens (including phenoxy) is 1. The lowest BCUT2D eigenvalue weighted by Crippen LogP contribution is -2.16. The number of rotatable bonds is 6. The first-order valence-electron chi connectivity index (χ1n) is 7.51. The summed E-state index contributed by atoms with van der Waals surface area (Å²) >= 11 is 6.17. The molecular weight excluding hydrogens is 282 g/mol. The van der Waals surface area contributed by atoms with Gasteiger partial charge in [-0.05, 0) is 42.6 Å². The molecule has 0 unspecified atom stereocenters. The van der Waals surface area contributed by atoms with E-state index in [4.69, 9.17) is 16.3 Å². The van der Waals surface area contributed by atoms with Gasteiger partial charge < -0.3 is 10.1 Å². The van der Waals surface area contributed by atoms with Crippen LogP contribution in [0.3, 0.4) is 0 Å². The van der Waals surface area contributed by atoms with Crippen LogP contribution in [0.1, 0.15) is 23.1 Å². The molecule has 3 rings (SSSR count). The van der Waals surface area contributed by atoms with Crippen molar-refractivity contribution >= 4 is 11.6 Å². The van der Waals surface area contributed by atoms with E-state index in [2.05, 4.69) is 35.6 Å². The molecule has 21 heavy (non-hydrogen) atoms. The maximum atomic E-state index is 6.17. The third-order valence-corrected chi connectivity index (χ3v) is 4.02. The molecule has 0 saturated heterocycles. The van der Waals surface area contributed by atoms with Gasteiger partial charge in [-0.25, -0.2) is 0 Å². The van der Waals surface area contributed by atoms with E-state index >= 15 is 0 Å². The zero-order chi connectivity index (χ0) is 14.5. The summed E-state index contributed by atoms with van der Waals surface area (Å²) in [6.45, 7) is 2.59. The highest BCUT2D eigenvalue weighted by atomic mass is 35.5. The second-order valence-corrected chi connectivity index (χ2v) is 5.85. The first kappa shape index (κ1) is 14.4. The zero-order valence-corrected chi connectivity index (χ0v) is 12.8. The molecule has 2 aromatic carbocycles. The molecule has 2 aromatic rings. The summed E-state index contributed by atoms with van der Waals surface area (Å²) < 4.78 is 5.71.